The van der Waals surface area contributed by atoms with E-state index in [1.54, 1.807) is 23.5 Å². The first-order chi connectivity index (χ1) is 16.9. The second kappa shape index (κ2) is 10.8. The van der Waals surface area contributed by atoms with Crippen molar-refractivity contribution >= 4 is 49.1 Å². The van der Waals surface area contributed by atoms with Crippen LogP contribution in [0.3, 0.4) is 0 Å². The highest BCUT2D eigenvalue weighted by molar-refractivity contribution is 7.90. The Hall–Kier alpha value is -3.50. The lowest BCUT2D eigenvalue weighted by atomic mass is 10.0. The fraction of sp³-hybridized carbons (Fsp3) is 0.240. The van der Waals surface area contributed by atoms with Gasteiger partial charge in [0, 0.05) is 23.2 Å². The molecular formula is C25H27N5O3S2. The smallest absolute Gasteiger partial charge is 0.328 e. The fourth-order valence-electron chi connectivity index (χ4n) is 3.55. The molecule has 0 fully saturated rings. The van der Waals surface area contributed by atoms with Crippen LogP contribution in [0.4, 0.5) is 16.3 Å². The zero-order valence-electron chi connectivity index (χ0n) is 19.5. The number of nitrogens with zero attached hydrogens (tertiary/aromatic N) is 2. The molecule has 10 heteroatoms. The molecule has 8 nitrogen and oxygen atoms in total. The van der Waals surface area contributed by atoms with E-state index < -0.39 is 16.1 Å². The van der Waals surface area contributed by atoms with Gasteiger partial charge in [-0.15, -0.1) is 11.3 Å². The predicted molar refractivity (Wildman–Crippen MR) is 141 cm³/mol. The van der Waals surface area contributed by atoms with Crippen molar-refractivity contribution in [3.8, 4) is 11.1 Å². The molecule has 2 amide bonds. The lowest BCUT2D eigenvalue weighted by Crippen LogP contribution is -2.39. The molecular weight excluding hydrogens is 482 g/mol. The predicted octanol–water partition coefficient (Wildman–Crippen LogP) is 5.45. The molecule has 0 radical (unpaired) electrons. The molecule has 0 spiro atoms. The van der Waals surface area contributed by atoms with E-state index in [1.807, 2.05) is 11.6 Å². The van der Waals surface area contributed by atoms with Gasteiger partial charge in [0.25, 0.3) is 10.0 Å². The molecule has 35 heavy (non-hydrogen) atoms. The minimum Gasteiger partial charge on any atom is -0.340 e. The SMILES string of the molecule is CCCCNC(=O)NS(=O)(=O)c1ccc(Nc2ncnc3scc(-c4ccc(CC)cc4)c23)cc1. The summed E-state index contributed by atoms with van der Waals surface area (Å²) in [7, 11) is -3.97. The van der Waals surface area contributed by atoms with Crippen LogP contribution in [-0.4, -0.2) is 31.0 Å². The summed E-state index contributed by atoms with van der Waals surface area (Å²) in [5.74, 6) is 0.634. The molecule has 0 aliphatic carbocycles. The Kier molecular flexibility index (Phi) is 7.62. The molecule has 0 unspecified atom stereocenters. The Balaban J connectivity index is 1.55. The van der Waals surface area contributed by atoms with E-state index in [9.17, 15) is 13.2 Å². The highest BCUT2D eigenvalue weighted by Crippen LogP contribution is 2.37. The number of rotatable bonds is 9. The Morgan fingerprint density at radius 1 is 1.00 bits per heavy atom. The van der Waals surface area contributed by atoms with Crippen molar-refractivity contribution in [1.29, 1.82) is 0 Å². The van der Waals surface area contributed by atoms with E-state index in [0.717, 1.165) is 40.6 Å². The quantitative estimate of drug-likeness (QED) is 0.259. The molecule has 0 saturated carbocycles. The van der Waals surface area contributed by atoms with Gasteiger partial charge in [-0.3, -0.25) is 0 Å². The number of aromatic nitrogens is 2. The van der Waals surface area contributed by atoms with Crippen molar-refractivity contribution in [2.45, 2.75) is 38.0 Å². The lowest BCUT2D eigenvalue weighted by Gasteiger charge is -2.11. The number of unbranched alkanes of at least 4 members (excludes halogenated alkanes) is 1. The monoisotopic (exact) mass is 509 g/mol. The summed E-state index contributed by atoms with van der Waals surface area (Å²) < 4.78 is 27.1. The summed E-state index contributed by atoms with van der Waals surface area (Å²) in [6, 6.07) is 13.9. The molecule has 0 saturated heterocycles. The van der Waals surface area contributed by atoms with Gasteiger partial charge in [-0.1, -0.05) is 44.5 Å². The fourth-order valence-corrected chi connectivity index (χ4v) is 5.40. The van der Waals surface area contributed by atoms with Crippen molar-refractivity contribution in [3.63, 3.8) is 0 Å². The number of fused-ring (bicyclic) bond motifs is 1. The molecule has 4 aromatic rings. The van der Waals surface area contributed by atoms with Crippen molar-refractivity contribution in [3.05, 3.63) is 65.8 Å². The highest BCUT2D eigenvalue weighted by atomic mass is 32.2. The van der Waals surface area contributed by atoms with Gasteiger partial charge >= 0.3 is 6.03 Å². The number of carbonyl (C=O) groups is 1. The standard InChI is InChI=1S/C25H27N5O3S2/c1-3-5-14-26-25(31)30-35(32,33)20-12-10-19(11-13-20)29-23-22-21(15-34-24(22)28-16-27-23)18-8-6-17(4-2)7-9-18/h6-13,15-16H,3-5,14H2,1-2H3,(H2,26,30,31)(H,27,28,29). The van der Waals surface area contributed by atoms with Gasteiger partial charge in [-0.2, -0.15) is 0 Å². The normalized spacial score (nSPS) is 11.4. The van der Waals surface area contributed by atoms with E-state index >= 15 is 0 Å². The molecule has 0 aliphatic rings. The van der Waals surface area contributed by atoms with E-state index in [2.05, 4.69) is 57.2 Å². The number of carbonyl (C=O) groups excluding carboxylic acids is 1. The van der Waals surface area contributed by atoms with Gasteiger partial charge in [0.15, 0.2) is 0 Å². The van der Waals surface area contributed by atoms with Crippen LogP contribution >= 0.6 is 11.3 Å². The Labute approximate surface area is 208 Å². The maximum Gasteiger partial charge on any atom is 0.328 e. The second-order valence-corrected chi connectivity index (χ2v) is 10.5. The average molecular weight is 510 g/mol. The summed E-state index contributed by atoms with van der Waals surface area (Å²) in [4.78, 5) is 21.6. The van der Waals surface area contributed by atoms with Crippen molar-refractivity contribution in [2.24, 2.45) is 0 Å². The van der Waals surface area contributed by atoms with Crippen LogP contribution in [0, 0.1) is 0 Å². The lowest BCUT2D eigenvalue weighted by molar-refractivity contribution is 0.245. The number of benzene rings is 2. The molecule has 182 valence electrons. The molecule has 2 aromatic heterocycles. The summed E-state index contributed by atoms with van der Waals surface area (Å²) in [5.41, 5.74) is 4.05. The molecule has 0 atom stereocenters. The average Bonchev–Trinajstić information content (AvgIpc) is 3.30. The summed E-state index contributed by atoms with van der Waals surface area (Å²) in [6.45, 7) is 4.53. The van der Waals surface area contributed by atoms with Gasteiger partial charge < -0.3 is 10.6 Å². The summed E-state index contributed by atoms with van der Waals surface area (Å²) >= 11 is 1.55. The number of thiophene rings is 1. The summed E-state index contributed by atoms with van der Waals surface area (Å²) in [6.07, 6.45) is 4.16. The first-order valence-corrected chi connectivity index (χ1v) is 13.8. The Bertz CT molecular complexity index is 1420. The van der Waals surface area contributed by atoms with Crippen LogP contribution < -0.4 is 15.4 Å². The van der Waals surface area contributed by atoms with Crippen molar-refractivity contribution < 1.29 is 13.2 Å². The van der Waals surface area contributed by atoms with Gasteiger partial charge in [0.2, 0.25) is 0 Å². The van der Waals surface area contributed by atoms with Crippen LogP contribution in [0.25, 0.3) is 21.3 Å². The Morgan fingerprint density at radius 3 is 2.43 bits per heavy atom. The highest BCUT2D eigenvalue weighted by Gasteiger charge is 2.18. The van der Waals surface area contributed by atoms with Gasteiger partial charge in [0.05, 0.1) is 10.3 Å². The summed E-state index contributed by atoms with van der Waals surface area (Å²) in [5, 5.41) is 8.79. The maximum absolute atomic E-state index is 12.5. The zero-order valence-corrected chi connectivity index (χ0v) is 21.2. The maximum atomic E-state index is 12.5. The van der Waals surface area contributed by atoms with Crippen LogP contribution in [0.2, 0.25) is 0 Å². The molecule has 0 aliphatic heterocycles. The minimum atomic E-state index is -3.97. The number of anilines is 2. The number of urea groups is 1. The number of sulfonamides is 1. The third-order valence-corrected chi connectivity index (χ3v) is 7.75. The number of nitrogens with one attached hydrogen (secondary N) is 3. The van der Waals surface area contributed by atoms with Gasteiger partial charge in [-0.05, 0) is 48.2 Å². The first-order valence-electron chi connectivity index (χ1n) is 11.4. The molecule has 2 heterocycles. The number of amides is 2. The second-order valence-electron chi connectivity index (χ2n) is 7.97. The number of aryl methyl sites for hydroxylation is 1. The topological polar surface area (TPSA) is 113 Å². The van der Waals surface area contributed by atoms with Crippen LogP contribution in [0.15, 0.2) is 65.1 Å². The zero-order chi connectivity index (χ0) is 24.8. The third kappa shape index (κ3) is 5.77. The number of hydrogen-bond donors (Lipinski definition) is 3. The third-order valence-electron chi connectivity index (χ3n) is 5.51. The Morgan fingerprint density at radius 2 is 1.74 bits per heavy atom. The molecule has 4 rings (SSSR count). The van der Waals surface area contributed by atoms with Gasteiger partial charge in [-0.25, -0.2) is 27.9 Å². The van der Waals surface area contributed by atoms with Gasteiger partial charge in [0.1, 0.15) is 17.0 Å². The van der Waals surface area contributed by atoms with Crippen LogP contribution in [0.5, 0.6) is 0 Å². The van der Waals surface area contributed by atoms with E-state index in [4.69, 9.17) is 0 Å². The van der Waals surface area contributed by atoms with Crippen LogP contribution in [0.1, 0.15) is 32.3 Å². The number of hydrogen-bond acceptors (Lipinski definition) is 7. The molecule has 3 N–H and O–H groups in total. The van der Waals surface area contributed by atoms with E-state index in [0.29, 0.717) is 18.1 Å². The first kappa shape index (κ1) is 24.6. The van der Waals surface area contributed by atoms with Crippen molar-refractivity contribution in [2.75, 3.05) is 11.9 Å². The largest absolute Gasteiger partial charge is 0.340 e. The van der Waals surface area contributed by atoms with Crippen LogP contribution in [-0.2, 0) is 16.4 Å². The van der Waals surface area contributed by atoms with E-state index in [-0.39, 0.29) is 4.90 Å². The molecule has 2 aromatic carbocycles. The van der Waals surface area contributed by atoms with Crippen molar-refractivity contribution in [1.82, 2.24) is 20.0 Å². The minimum absolute atomic E-state index is 0.00578. The molecule has 0 bridgehead atoms. The van der Waals surface area contributed by atoms with E-state index in [1.165, 1.54) is 24.0 Å².